The van der Waals surface area contributed by atoms with Crippen molar-refractivity contribution >= 4 is 11.7 Å². The smallest absolute Gasteiger partial charge is 0.239 e. The van der Waals surface area contributed by atoms with Crippen molar-refractivity contribution in [1.82, 2.24) is 9.47 Å². The van der Waals surface area contributed by atoms with Crippen molar-refractivity contribution < 1.29 is 9.90 Å². The maximum Gasteiger partial charge on any atom is 0.239 e. The second-order valence-electron chi connectivity index (χ2n) is 7.35. The van der Waals surface area contributed by atoms with Crippen LogP contribution in [0.4, 0.5) is 5.82 Å². The fourth-order valence-electron chi connectivity index (χ4n) is 4.37. The Bertz CT molecular complexity index is 683. The zero-order valence-corrected chi connectivity index (χ0v) is 15.2. The molecule has 0 bridgehead atoms. The van der Waals surface area contributed by atoms with Gasteiger partial charge in [0.1, 0.15) is 11.9 Å². The Morgan fingerprint density at radius 3 is 2.64 bits per heavy atom. The van der Waals surface area contributed by atoms with Crippen molar-refractivity contribution in [2.75, 3.05) is 25.0 Å². The summed E-state index contributed by atoms with van der Waals surface area (Å²) in [6, 6.07) is 2.72. The summed E-state index contributed by atoms with van der Waals surface area (Å²) in [5.74, 6) is 0.558. The highest BCUT2D eigenvalue weighted by Gasteiger charge is 2.29. The lowest BCUT2D eigenvalue weighted by Crippen LogP contribution is -2.38. The Kier molecular flexibility index (Phi) is 5.45. The Balaban J connectivity index is 1.82. The molecular weight excluding hydrogens is 316 g/mol. The molecule has 2 fully saturated rings. The summed E-state index contributed by atoms with van der Waals surface area (Å²) < 4.78 is 2.17. The fourth-order valence-corrected chi connectivity index (χ4v) is 4.37. The molecule has 1 saturated carbocycles. The number of aliphatic hydroxyl groups excluding tert-OH is 1. The minimum absolute atomic E-state index is 0.0753. The lowest BCUT2D eigenvalue weighted by molar-refractivity contribution is -0.117. The second kappa shape index (κ2) is 7.59. The van der Waals surface area contributed by atoms with Crippen LogP contribution in [0.15, 0.2) is 0 Å². The van der Waals surface area contributed by atoms with Crippen LogP contribution >= 0.6 is 0 Å². The van der Waals surface area contributed by atoms with E-state index >= 15 is 0 Å². The molecule has 1 unspecified atom stereocenters. The molecule has 1 aliphatic heterocycles. The maximum absolute atomic E-state index is 12.6. The molecule has 1 aromatic rings. The van der Waals surface area contributed by atoms with Gasteiger partial charge in [-0.25, -0.2) is 0 Å². The van der Waals surface area contributed by atoms with Gasteiger partial charge in [0.2, 0.25) is 5.91 Å². The normalized spacial score (nSPS) is 21.6. The summed E-state index contributed by atoms with van der Waals surface area (Å²) in [6.45, 7) is 5.19. The van der Waals surface area contributed by atoms with Crippen molar-refractivity contribution in [3.05, 3.63) is 16.8 Å². The quantitative estimate of drug-likeness (QED) is 0.860. The molecule has 0 radical (unpaired) electrons. The zero-order valence-electron chi connectivity index (χ0n) is 15.2. The average molecular weight is 344 g/mol. The molecule has 1 amide bonds. The number of rotatable bonds is 5. The molecule has 2 N–H and O–H groups in total. The molecule has 0 aromatic carbocycles. The first-order valence-electron chi connectivity index (χ1n) is 9.33. The van der Waals surface area contributed by atoms with Crippen LogP contribution in [0, 0.1) is 25.2 Å². The monoisotopic (exact) mass is 344 g/mol. The van der Waals surface area contributed by atoms with Gasteiger partial charge in [0, 0.05) is 17.8 Å². The molecule has 136 valence electrons. The first-order chi connectivity index (χ1) is 12.1. The number of carbonyl (C=O) groups is 1. The van der Waals surface area contributed by atoms with E-state index in [9.17, 15) is 15.2 Å². The van der Waals surface area contributed by atoms with Crippen LogP contribution in [-0.2, 0) is 4.79 Å². The number of aliphatic hydroxyl groups is 1. The van der Waals surface area contributed by atoms with Gasteiger partial charge in [-0.1, -0.05) is 12.8 Å². The van der Waals surface area contributed by atoms with Crippen LogP contribution in [0.25, 0.3) is 0 Å². The number of nitrogens with one attached hydrogen (secondary N) is 1. The number of anilines is 1. The largest absolute Gasteiger partial charge is 0.395 e. The van der Waals surface area contributed by atoms with Crippen LogP contribution < -0.4 is 5.32 Å². The number of amides is 1. The molecular formula is C19H28N4O2. The Hall–Kier alpha value is -1.84. The Morgan fingerprint density at radius 1 is 1.28 bits per heavy atom. The van der Waals surface area contributed by atoms with E-state index in [-0.39, 0.29) is 25.1 Å². The first-order valence-corrected chi connectivity index (χ1v) is 9.33. The van der Waals surface area contributed by atoms with Crippen molar-refractivity contribution in [2.24, 2.45) is 0 Å². The predicted molar refractivity (Wildman–Crippen MR) is 96.4 cm³/mol. The van der Waals surface area contributed by atoms with Gasteiger partial charge >= 0.3 is 0 Å². The van der Waals surface area contributed by atoms with Crippen molar-refractivity contribution in [1.29, 1.82) is 5.26 Å². The zero-order chi connectivity index (χ0) is 18.0. The minimum Gasteiger partial charge on any atom is -0.395 e. The number of nitriles is 1. The summed E-state index contributed by atoms with van der Waals surface area (Å²) in [5.41, 5.74) is 2.62. The molecule has 25 heavy (non-hydrogen) atoms. The van der Waals surface area contributed by atoms with Gasteiger partial charge < -0.3 is 15.0 Å². The third-order valence-corrected chi connectivity index (χ3v) is 5.87. The van der Waals surface area contributed by atoms with E-state index in [0.29, 0.717) is 17.4 Å². The summed E-state index contributed by atoms with van der Waals surface area (Å²) in [6.07, 6.45) is 6.54. The van der Waals surface area contributed by atoms with Crippen molar-refractivity contribution in [3.63, 3.8) is 0 Å². The first kappa shape index (κ1) is 18.0. The topological polar surface area (TPSA) is 81.3 Å². The summed E-state index contributed by atoms with van der Waals surface area (Å²) >= 11 is 0. The molecule has 1 saturated heterocycles. The van der Waals surface area contributed by atoms with Crippen molar-refractivity contribution in [3.8, 4) is 6.07 Å². The lowest BCUT2D eigenvalue weighted by atomic mass is 10.2. The summed E-state index contributed by atoms with van der Waals surface area (Å²) in [5, 5.41) is 22.0. The van der Waals surface area contributed by atoms with Gasteiger partial charge in [-0.2, -0.15) is 5.26 Å². The van der Waals surface area contributed by atoms with Crippen LogP contribution in [0.2, 0.25) is 0 Å². The lowest BCUT2D eigenvalue weighted by Gasteiger charge is -2.23. The van der Waals surface area contributed by atoms with E-state index in [1.807, 2.05) is 18.7 Å². The number of carbonyl (C=O) groups excluding carboxylic acids is 1. The Labute approximate surface area is 149 Å². The third-order valence-electron chi connectivity index (χ3n) is 5.87. The number of aromatic nitrogens is 1. The molecule has 3 rings (SSSR count). The molecule has 1 aliphatic carbocycles. The third kappa shape index (κ3) is 3.44. The molecule has 6 nitrogen and oxygen atoms in total. The van der Waals surface area contributed by atoms with Gasteiger partial charge in [0.15, 0.2) is 0 Å². The van der Waals surface area contributed by atoms with Gasteiger partial charge in [0.05, 0.1) is 18.7 Å². The number of likely N-dealkylation sites (tertiary alicyclic amines) is 1. The van der Waals surface area contributed by atoms with E-state index in [0.717, 1.165) is 43.5 Å². The maximum atomic E-state index is 12.6. The average Bonchev–Trinajstić information content (AvgIpc) is 3.30. The van der Waals surface area contributed by atoms with Gasteiger partial charge in [-0.15, -0.1) is 0 Å². The van der Waals surface area contributed by atoms with Crippen LogP contribution in [-0.4, -0.2) is 46.2 Å². The molecule has 1 atom stereocenters. The van der Waals surface area contributed by atoms with E-state index in [1.54, 1.807) is 0 Å². The second-order valence-corrected chi connectivity index (χ2v) is 7.35. The predicted octanol–water partition coefficient (Wildman–Crippen LogP) is 2.49. The van der Waals surface area contributed by atoms with Gasteiger partial charge in [0.25, 0.3) is 0 Å². The highest BCUT2D eigenvalue weighted by molar-refractivity contribution is 5.93. The Morgan fingerprint density at radius 2 is 2.00 bits per heavy atom. The van der Waals surface area contributed by atoms with Crippen molar-refractivity contribution in [2.45, 2.75) is 64.5 Å². The molecule has 6 heteroatoms. The van der Waals surface area contributed by atoms with Crippen LogP contribution in [0.5, 0.6) is 0 Å². The van der Waals surface area contributed by atoms with Gasteiger partial charge in [-0.05, 0) is 51.6 Å². The minimum atomic E-state index is -0.103. The number of hydrogen-bond acceptors (Lipinski definition) is 4. The standard InChI is InChI=1S/C19H28N4O2/c1-13-14(2)23(15-6-3-4-7-15)19(17(13)10-20)21-18(25)11-22-9-5-8-16(22)12-24/h15-16,24H,3-9,11-12H2,1-2H3,(H,21,25). The SMILES string of the molecule is Cc1c(C#N)c(NC(=O)CN2CCCC2CO)n(C2CCCC2)c1C. The van der Waals surface area contributed by atoms with Crippen LogP contribution in [0.3, 0.4) is 0 Å². The highest BCUT2D eigenvalue weighted by atomic mass is 16.3. The number of nitrogens with zero attached hydrogens (tertiary/aromatic N) is 3. The molecule has 2 heterocycles. The van der Waals surface area contributed by atoms with E-state index in [1.165, 1.54) is 12.8 Å². The van der Waals surface area contributed by atoms with Gasteiger partial charge in [-0.3, -0.25) is 9.69 Å². The van der Waals surface area contributed by atoms with Crippen LogP contribution in [0.1, 0.15) is 61.4 Å². The number of hydrogen-bond donors (Lipinski definition) is 2. The summed E-state index contributed by atoms with van der Waals surface area (Å²) in [4.78, 5) is 14.7. The van der Waals surface area contributed by atoms with E-state index in [4.69, 9.17) is 0 Å². The summed E-state index contributed by atoms with van der Waals surface area (Å²) in [7, 11) is 0. The molecule has 0 spiro atoms. The molecule has 2 aliphatic rings. The van der Waals surface area contributed by atoms with E-state index in [2.05, 4.69) is 16.0 Å². The molecule has 1 aromatic heterocycles. The highest BCUT2D eigenvalue weighted by Crippen LogP contribution is 2.37. The fraction of sp³-hybridized carbons (Fsp3) is 0.684. The van der Waals surface area contributed by atoms with E-state index < -0.39 is 0 Å².